The fraction of sp³-hybridized carbons (Fsp3) is 0.393. The fourth-order valence-corrected chi connectivity index (χ4v) is 7.42. The van der Waals surface area contributed by atoms with E-state index in [1.165, 1.54) is 16.3 Å². The molecule has 2 bridgehead atoms. The van der Waals surface area contributed by atoms with Gasteiger partial charge in [-0.25, -0.2) is 0 Å². The molecule has 0 amide bonds. The van der Waals surface area contributed by atoms with Crippen molar-refractivity contribution in [3.63, 3.8) is 0 Å². The van der Waals surface area contributed by atoms with E-state index in [2.05, 4.69) is 54.4 Å². The Hall–Kier alpha value is -2.89. The third kappa shape index (κ3) is 2.32. The van der Waals surface area contributed by atoms with Gasteiger partial charge in [0.15, 0.2) is 23.4 Å². The number of carbonyl (C=O) groups excluding carboxylic acids is 1. The number of likely N-dealkylation sites (N-methyl/N-ethyl adjacent to an activating group) is 1. The van der Waals surface area contributed by atoms with Crippen molar-refractivity contribution >= 4 is 16.6 Å². The summed E-state index contributed by atoms with van der Waals surface area (Å²) in [5, 5.41) is 13.1. The number of ketones is 1. The standard InChI is InChI=1S/C28H27NO4/c1-29-14-13-27-24-18-9-10-21(30)25(24)33-26(27)22(31)11-12-28(27,23(29)15-18)32-16-19-7-4-6-17-5-2-3-8-20(17)19/h2-10,23,26,30H,11-16H2,1H3/t23-,26+,27+,28-/m1/s1. The summed E-state index contributed by atoms with van der Waals surface area (Å²) in [6.07, 6.45) is 2.16. The Kier molecular flexibility index (Phi) is 3.90. The number of aromatic hydroxyl groups is 1. The SMILES string of the molecule is CN1CC[C@]23c4c5ccc(O)c4O[C@H]2C(=O)CC[C@@]3(OCc2cccc3ccccc23)[C@H]1C5. The maximum atomic E-state index is 13.2. The summed E-state index contributed by atoms with van der Waals surface area (Å²) in [5.41, 5.74) is 2.28. The first kappa shape index (κ1) is 19.6. The Bertz CT molecular complexity index is 1310. The van der Waals surface area contributed by atoms with Gasteiger partial charge in [0.05, 0.1) is 17.6 Å². The van der Waals surface area contributed by atoms with Crippen LogP contribution in [0.5, 0.6) is 11.5 Å². The van der Waals surface area contributed by atoms with Crippen LogP contribution in [-0.4, -0.2) is 47.1 Å². The molecule has 33 heavy (non-hydrogen) atoms. The zero-order valence-electron chi connectivity index (χ0n) is 18.7. The molecule has 5 heteroatoms. The van der Waals surface area contributed by atoms with Crippen molar-refractivity contribution in [1.29, 1.82) is 0 Å². The highest BCUT2D eigenvalue weighted by Crippen LogP contribution is 2.66. The summed E-state index contributed by atoms with van der Waals surface area (Å²) in [5.74, 6) is 0.769. The van der Waals surface area contributed by atoms with Crippen molar-refractivity contribution in [3.05, 3.63) is 71.3 Å². The van der Waals surface area contributed by atoms with E-state index in [1.54, 1.807) is 6.07 Å². The molecule has 1 N–H and O–H groups in total. The second-order valence-corrected chi connectivity index (χ2v) is 10.2. The van der Waals surface area contributed by atoms with E-state index in [1.807, 2.05) is 6.07 Å². The lowest BCUT2D eigenvalue weighted by molar-refractivity contribution is -0.215. The Morgan fingerprint density at radius 3 is 2.88 bits per heavy atom. The minimum Gasteiger partial charge on any atom is -0.504 e. The van der Waals surface area contributed by atoms with Crippen molar-refractivity contribution in [1.82, 2.24) is 4.90 Å². The van der Waals surface area contributed by atoms with E-state index >= 15 is 0 Å². The zero-order valence-corrected chi connectivity index (χ0v) is 18.7. The number of Topliss-reactive ketones (excluding diaryl/α,β-unsaturated/α-hetero) is 1. The van der Waals surface area contributed by atoms with Crippen molar-refractivity contribution in [2.24, 2.45) is 0 Å². The third-order valence-corrected chi connectivity index (χ3v) is 8.85. The summed E-state index contributed by atoms with van der Waals surface area (Å²) in [4.78, 5) is 15.6. The quantitative estimate of drug-likeness (QED) is 0.663. The Balaban J connectivity index is 1.41. The van der Waals surface area contributed by atoms with Crippen LogP contribution in [0.2, 0.25) is 0 Å². The second kappa shape index (κ2) is 6.58. The molecule has 0 radical (unpaired) electrons. The van der Waals surface area contributed by atoms with E-state index in [0.29, 0.717) is 25.2 Å². The summed E-state index contributed by atoms with van der Waals surface area (Å²) in [6.45, 7) is 1.36. The maximum Gasteiger partial charge on any atom is 0.174 e. The van der Waals surface area contributed by atoms with E-state index in [4.69, 9.17) is 9.47 Å². The number of rotatable bonds is 3. The molecular formula is C28H27NO4. The van der Waals surface area contributed by atoms with Gasteiger partial charge in [-0.05, 0) is 60.8 Å². The van der Waals surface area contributed by atoms with E-state index in [0.717, 1.165) is 30.5 Å². The molecular weight excluding hydrogens is 414 g/mol. The van der Waals surface area contributed by atoms with Crippen LogP contribution in [0.15, 0.2) is 54.6 Å². The van der Waals surface area contributed by atoms with E-state index in [-0.39, 0.29) is 17.6 Å². The van der Waals surface area contributed by atoms with Crippen LogP contribution in [-0.2, 0) is 28.0 Å². The van der Waals surface area contributed by atoms with Gasteiger partial charge in [0.25, 0.3) is 0 Å². The van der Waals surface area contributed by atoms with Crippen molar-refractivity contribution in [2.75, 3.05) is 13.6 Å². The van der Waals surface area contributed by atoms with Crippen molar-refractivity contribution in [3.8, 4) is 11.5 Å². The molecule has 4 aliphatic rings. The number of hydrogen-bond acceptors (Lipinski definition) is 5. The molecule has 168 valence electrons. The van der Waals surface area contributed by atoms with Crippen LogP contribution < -0.4 is 4.74 Å². The smallest absolute Gasteiger partial charge is 0.174 e. The molecule has 5 nitrogen and oxygen atoms in total. The summed E-state index contributed by atoms with van der Waals surface area (Å²) < 4.78 is 13.4. The van der Waals surface area contributed by atoms with Crippen LogP contribution in [0.4, 0.5) is 0 Å². The van der Waals surface area contributed by atoms with Gasteiger partial charge in [0.1, 0.15) is 0 Å². The molecule has 2 aliphatic carbocycles. The number of likely N-dealkylation sites (tertiary alicyclic amines) is 1. The number of carbonyl (C=O) groups is 1. The van der Waals surface area contributed by atoms with Gasteiger partial charge < -0.3 is 19.5 Å². The highest BCUT2D eigenvalue weighted by Gasteiger charge is 2.74. The lowest BCUT2D eigenvalue weighted by Gasteiger charge is -2.64. The van der Waals surface area contributed by atoms with Crippen LogP contribution in [0.1, 0.15) is 36.0 Å². The maximum absolute atomic E-state index is 13.2. The van der Waals surface area contributed by atoms with Crippen molar-refractivity contribution in [2.45, 2.75) is 55.5 Å². The second-order valence-electron chi connectivity index (χ2n) is 10.2. The first-order valence-electron chi connectivity index (χ1n) is 11.9. The fourth-order valence-electron chi connectivity index (χ4n) is 7.42. The molecule has 2 fully saturated rings. The number of hydrogen-bond donors (Lipinski definition) is 1. The van der Waals surface area contributed by atoms with E-state index < -0.39 is 17.1 Å². The minimum absolute atomic E-state index is 0.130. The molecule has 3 aromatic carbocycles. The van der Waals surface area contributed by atoms with Gasteiger partial charge in [-0.1, -0.05) is 48.5 Å². The summed E-state index contributed by atoms with van der Waals surface area (Å²) >= 11 is 0. The van der Waals surface area contributed by atoms with Crippen LogP contribution in [0.3, 0.4) is 0 Å². The summed E-state index contributed by atoms with van der Waals surface area (Å²) in [7, 11) is 2.17. The molecule has 0 aromatic heterocycles. The predicted molar refractivity (Wildman–Crippen MR) is 125 cm³/mol. The molecule has 7 rings (SSSR count). The first-order chi connectivity index (χ1) is 16.0. The molecule has 1 saturated heterocycles. The van der Waals surface area contributed by atoms with Crippen LogP contribution in [0, 0.1) is 0 Å². The predicted octanol–water partition coefficient (Wildman–Crippen LogP) is 4.12. The lowest BCUT2D eigenvalue weighted by atomic mass is 9.49. The number of fused-ring (bicyclic) bond motifs is 1. The number of ether oxygens (including phenoxy) is 2. The van der Waals surface area contributed by atoms with Gasteiger partial charge in [-0.2, -0.15) is 0 Å². The average molecular weight is 442 g/mol. The number of piperidine rings is 1. The highest BCUT2D eigenvalue weighted by molar-refractivity contribution is 5.90. The van der Waals surface area contributed by atoms with Gasteiger partial charge in [0, 0.05) is 18.0 Å². The Labute approximate surface area is 192 Å². The van der Waals surface area contributed by atoms with Gasteiger partial charge >= 0.3 is 0 Å². The molecule has 2 heterocycles. The first-order valence-corrected chi connectivity index (χ1v) is 11.9. The number of phenols is 1. The lowest BCUT2D eigenvalue weighted by Crippen LogP contribution is -2.76. The third-order valence-electron chi connectivity index (χ3n) is 8.85. The van der Waals surface area contributed by atoms with Crippen LogP contribution >= 0.6 is 0 Å². The van der Waals surface area contributed by atoms with Gasteiger partial charge in [0.2, 0.25) is 0 Å². The molecule has 4 atom stereocenters. The van der Waals surface area contributed by atoms with Gasteiger partial charge in [-0.15, -0.1) is 0 Å². The normalized spacial score (nSPS) is 32.0. The van der Waals surface area contributed by atoms with Crippen LogP contribution in [0.25, 0.3) is 10.8 Å². The van der Waals surface area contributed by atoms with Crippen molar-refractivity contribution < 1.29 is 19.4 Å². The molecule has 3 aromatic rings. The number of phenolic OH excluding ortho intramolecular Hbond substituents is 1. The Morgan fingerprint density at radius 2 is 1.97 bits per heavy atom. The highest BCUT2D eigenvalue weighted by atomic mass is 16.5. The number of benzene rings is 3. The van der Waals surface area contributed by atoms with Gasteiger partial charge in [-0.3, -0.25) is 4.79 Å². The average Bonchev–Trinajstić information content (AvgIpc) is 3.20. The minimum atomic E-state index is -0.586. The monoisotopic (exact) mass is 441 g/mol. The Morgan fingerprint density at radius 1 is 1.12 bits per heavy atom. The molecule has 1 saturated carbocycles. The molecule has 1 spiro atoms. The molecule has 2 aliphatic heterocycles. The number of nitrogens with zero attached hydrogens (tertiary/aromatic N) is 1. The zero-order chi connectivity index (χ0) is 22.4. The summed E-state index contributed by atoms with van der Waals surface area (Å²) in [6, 6.07) is 18.6. The largest absolute Gasteiger partial charge is 0.504 e. The molecule has 0 unspecified atom stereocenters. The van der Waals surface area contributed by atoms with E-state index in [9.17, 15) is 9.90 Å². The topological polar surface area (TPSA) is 59.0 Å².